The minimum atomic E-state index is -0.576. The average Bonchev–Trinajstić information content (AvgIpc) is 3.21. The number of fused-ring (bicyclic) bond motifs is 1. The summed E-state index contributed by atoms with van der Waals surface area (Å²) in [6, 6.07) is 7.11. The predicted octanol–water partition coefficient (Wildman–Crippen LogP) is 1.70. The summed E-state index contributed by atoms with van der Waals surface area (Å²) in [6.45, 7) is 2.87. The van der Waals surface area contributed by atoms with Crippen LogP contribution in [-0.2, 0) is 0 Å². The van der Waals surface area contributed by atoms with Crippen molar-refractivity contribution in [3.63, 3.8) is 0 Å². The van der Waals surface area contributed by atoms with E-state index in [9.17, 15) is 9.18 Å². The minimum absolute atomic E-state index is 0.0839. The van der Waals surface area contributed by atoms with Gasteiger partial charge in [0.25, 0.3) is 5.91 Å². The Morgan fingerprint density at radius 1 is 1.16 bits per heavy atom. The van der Waals surface area contributed by atoms with Crippen LogP contribution in [0.15, 0.2) is 36.8 Å². The molecule has 2 fully saturated rings. The van der Waals surface area contributed by atoms with Gasteiger partial charge in [-0.1, -0.05) is 0 Å². The van der Waals surface area contributed by atoms with Crippen LogP contribution in [0, 0.1) is 29.0 Å². The van der Waals surface area contributed by atoms with Gasteiger partial charge < -0.3 is 9.80 Å². The van der Waals surface area contributed by atoms with E-state index in [2.05, 4.69) is 20.9 Å². The number of amides is 1. The molecule has 2 unspecified atom stereocenters. The Bertz CT molecular complexity index is 833. The number of hydrogen-bond acceptors (Lipinski definition) is 5. The van der Waals surface area contributed by atoms with Gasteiger partial charge >= 0.3 is 0 Å². The number of halogens is 1. The lowest BCUT2D eigenvalue weighted by Crippen LogP contribution is -2.34. The normalized spacial score (nSPS) is 21.9. The van der Waals surface area contributed by atoms with Crippen LogP contribution in [0.4, 0.5) is 10.2 Å². The summed E-state index contributed by atoms with van der Waals surface area (Å²) >= 11 is 0. The summed E-state index contributed by atoms with van der Waals surface area (Å²) in [5, 5.41) is 8.85. The highest BCUT2D eigenvalue weighted by molar-refractivity contribution is 5.94. The van der Waals surface area contributed by atoms with E-state index in [-0.39, 0.29) is 11.5 Å². The zero-order valence-corrected chi connectivity index (χ0v) is 13.5. The Balaban J connectivity index is 1.43. The van der Waals surface area contributed by atoms with Gasteiger partial charge in [0.1, 0.15) is 11.9 Å². The molecule has 6 nitrogen and oxygen atoms in total. The molecule has 1 amide bonds. The van der Waals surface area contributed by atoms with Gasteiger partial charge in [0.15, 0.2) is 5.82 Å². The molecule has 2 aliphatic heterocycles. The van der Waals surface area contributed by atoms with Crippen molar-refractivity contribution < 1.29 is 9.18 Å². The van der Waals surface area contributed by atoms with E-state index >= 15 is 0 Å². The van der Waals surface area contributed by atoms with E-state index in [1.165, 1.54) is 12.3 Å². The van der Waals surface area contributed by atoms with E-state index < -0.39 is 5.82 Å². The van der Waals surface area contributed by atoms with Crippen molar-refractivity contribution in [2.75, 3.05) is 31.1 Å². The standard InChI is InChI=1S/C18H16FN5O/c19-16-7-21-4-3-15(16)18(25)24-10-13-8-23(9-14(13)11-24)17-2-1-12(5-20)6-22-17/h1-4,6-7,13-14H,8-11H2. The van der Waals surface area contributed by atoms with E-state index in [4.69, 9.17) is 5.26 Å². The molecular formula is C18H16FN5O. The number of likely N-dealkylation sites (tertiary alicyclic amines) is 1. The maximum absolute atomic E-state index is 13.8. The van der Waals surface area contributed by atoms with Crippen molar-refractivity contribution in [3.05, 3.63) is 53.7 Å². The Morgan fingerprint density at radius 2 is 1.92 bits per heavy atom. The van der Waals surface area contributed by atoms with Crippen LogP contribution in [0.2, 0.25) is 0 Å². The summed E-state index contributed by atoms with van der Waals surface area (Å²) in [5.41, 5.74) is 0.625. The molecular weight excluding hydrogens is 321 g/mol. The first-order chi connectivity index (χ1) is 12.2. The smallest absolute Gasteiger partial charge is 0.256 e. The second-order valence-electron chi connectivity index (χ2n) is 6.51. The van der Waals surface area contributed by atoms with Crippen LogP contribution >= 0.6 is 0 Å². The minimum Gasteiger partial charge on any atom is -0.356 e. The van der Waals surface area contributed by atoms with Gasteiger partial charge in [0.05, 0.1) is 17.3 Å². The van der Waals surface area contributed by atoms with Crippen molar-refractivity contribution in [2.24, 2.45) is 11.8 Å². The number of nitriles is 1. The SMILES string of the molecule is N#Cc1ccc(N2CC3CN(C(=O)c4ccncc4F)CC3C2)nc1. The lowest BCUT2D eigenvalue weighted by molar-refractivity contribution is 0.0777. The molecule has 7 heteroatoms. The van der Waals surface area contributed by atoms with Crippen LogP contribution in [0.1, 0.15) is 15.9 Å². The van der Waals surface area contributed by atoms with Crippen LogP contribution < -0.4 is 4.90 Å². The van der Waals surface area contributed by atoms with Crippen LogP contribution in [0.5, 0.6) is 0 Å². The Hall–Kier alpha value is -3.01. The van der Waals surface area contributed by atoms with Gasteiger partial charge in [-0.15, -0.1) is 0 Å². The first kappa shape index (κ1) is 15.5. The fraction of sp³-hybridized carbons (Fsp3) is 0.333. The number of anilines is 1. The lowest BCUT2D eigenvalue weighted by Gasteiger charge is -2.22. The number of aromatic nitrogens is 2. The molecule has 2 aliphatic rings. The molecule has 2 aromatic heterocycles. The zero-order chi connectivity index (χ0) is 17.4. The quantitative estimate of drug-likeness (QED) is 0.834. The number of carbonyl (C=O) groups excluding carboxylic acids is 1. The van der Waals surface area contributed by atoms with Crippen molar-refractivity contribution in [2.45, 2.75) is 0 Å². The summed E-state index contributed by atoms with van der Waals surface area (Å²) < 4.78 is 13.8. The second kappa shape index (κ2) is 6.13. The number of rotatable bonds is 2. The van der Waals surface area contributed by atoms with Crippen molar-refractivity contribution in [3.8, 4) is 6.07 Å². The molecule has 4 rings (SSSR count). The van der Waals surface area contributed by atoms with Crippen LogP contribution in [0.25, 0.3) is 0 Å². The fourth-order valence-electron chi connectivity index (χ4n) is 3.70. The van der Waals surface area contributed by atoms with Gasteiger partial charge in [0, 0.05) is 50.4 Å². The molecule has 25 heavy (non-hydrogen) atoms. The summed E-state index contributed by atoms with van der Waals surface area (Å²) in [4.78, 5) is 24.5. The Morgan fingerprint density at radius 3 is 2.52 bits per heavy atom. The average molecular weight is 337 g/mol. The van der Waals surface area contributed by atoms with Crippen molar-refractivity contribution >= 4 is 11.7 Å². The molecule has 0 radical (unpaired) electrons. The van der Waals surface area contributed by atoms with E-state index in [1.54, 1.807) is 17.2 Å². The van der Waals surface area contributed by atoms with Gasteiger partial charge in [-0.05, 0) is 18.2 Å². The van der Waals surface area contributed by atoms with E-state index in [0.717, 1.165) is 25.1 Å². The molecule has 0 bridgehead atoms. The van der Waals surface area contributed by atoms with Crippen LogP contribution in [-0.4, -0.2) is 47.0 Å². The second-order valence-corrected chi connectivity index (χ2v) is 6.51. The first-order valence-electron chi connectivity index (χ1n) is 8.15. The molecule has 0 N–H and O–H groups in total. The highest BCUT2D eigenvalue weighted by Crippen LogP contribution is 2.34. The Kier molecular flexibility index (Phi) is 3.80. The first-order valence-corrected chi connectivity index (χ1v) is 8.15. The Labute approximate surface area is 144 Å². The summed E-state index contributed by atoms with van der Waals surface area (Å²) in [5.74, 6) is 0.717. The van der Waals surface area contributed by atoms with Crippen LogP contribution in [0.3, 0.4) is 0 Å². The van der Waals surface area contributed by atoms with Crippen molar-refractivity contribution in [1.29, 1.82) is 5.26 Å². The zero-order valence-electron chi connectivity index (χ0n) is 13.5. The number of nitrogens with zero attached hydrogens (tertiary/aromatic N) is 5. The van der Waals surface area contributed by atoms with Gasteiger partial charge in [-0.3, -0.25) is 9.78 Å². The van der Waals surface area contributed by atoms with E-state index in [1.807, 2.05) is 6.07 Å². The fourth-order valence-corrected chi connectivity index (χ4v) is 3.70. The predicted molar refractivity (Wildman–Crippen MR) is 88.2 cm³/mol. The van der Waals surface area contributed by atoms with Gasteiger partial charge in [-0.25, -0.2) is 9.37 Å². The molecule has 2 atom stereocenters. The molecule has 2 saturated heterocycles. The molecule has 126 valence electrons. The number of hydrogen-bond donors (Lipinski definition) is 0. The summed E-state index contributed by atoms with van der Waals surface area (Å²) in [6.07, 6.45) is 4.08. The largest absolute Gasteiger partial charge is 0.356 e. The third kappa shape index (κ3) is 2.80. The van der Waals surface area contributed by atoms with E-state index in [0.29, 0.717) is 30.5 Å². The maximum atomic E-state index is 13.8. The highest BCUT2D eigenvalue weighted by atomic mass is 19.1. The molecule has 0 aromatic carbocycles. The molecule has 0 saturated carbocycles. The monoisotopic (exact) mass is 337 g/mol. The lowest BCUT2D eigenvalue weighted by atomic mass is 10.0. The molecule has 4 heterocycles. The number of pyridine rings is 2. The van der Waals surface area contributed by atoms with Crippen molar-refractivity contribution in [1.82, 2.24) is 14.9 Å². The topological polar surface area (TPSA) is 73.1 Å². The highest BCUT2D eigenvalue weighted by Gasteiger charge is 2.42. The third-order valence-corrected chi connectivity index (χ3v) is 4.98. The third-order valence-electron chi connectivity index (χ3n) is 4.98. The molecule has 2 aromatic rings. The summed E-state index contributed by atoms with van der Waals surface area (Å²) in [7, 11) is 0. The maximum Gasteiger partial charge on any atom is 0.256 e. The number of carbonyl (C=O) groups is 1. The molecule has 0 spiro atoms. The van der Waals surface area contributed by atoms with Gasteiger partial charge in [-0.2, -0.15) is 5.26 Å². The molecule has 0 aliphatic carbocycles. The van der Waals surface area contributed by atoms with Gasteiger partial charge in [0.2, 0.25) is 0 Å².